The van der Waals surface area contributed by atoms with Gasteiger partial charge in [0.1, 0.15) is 11.5 Å². The molecule has 0 N–H and O–H groups in total. The summed E-state index contributed by atoms with van der Waals surface area (Å²) in [4.78, 5) is 0. The average Bonchev–Trinajstić information content (AvgIpc) is 2.60. The fraction of sp³-hybridized carbons (Fsp3) is 0.500. The van der Waals surface area contributed by atoms with Crippen LogP contribution >= 0.6 is 17.9 Å². The molecule has 0 bridgehead atoms. The molecule has 6 heteroatoms. The van der Waals surface area contributed by atoms with Gasteiger partial charge in [-0.3, -0.25) is 0 Å². The van der Waals surface area contributed by atoms with Crippen molar-refractivity contribution in [1.29, 1.82) is 0 Å². The molecule has 2 atom stereocenters. The predicted octanol–water partition coefficient (Wildman–Crippen LogP) is 8.60. The third kappa shape index (κ3) is 8.66. The van der Waals surface area contributed by atoms with E-state index in [-0.39, 0.29) is 19.5 Å². The summed E-state index contributed by atoms with van der Waals surface area (Å²) in [5.41, 5.74) is -0.487. The summed E-state index contributed by atoms with van der Waals surface area (Å²) < 4.78 is 12.4. The number of benzene rings is 2. The summed E-state index contributed by atoms with van der Waals surface area (Å²) in [5.74, 6) is 3.56. The third-order valence-electron chi connectivity index (χ3n) is 4.98. The van der Waals surface area contributed by atoms with Crippen molar-refractivity contribution in [3.63, 3.8) is 0 Å². The van der Waals surface area contributed by atoms with Crippen molar-refractivity contribution in [3.8, 4) is 11.5 Å². The normalized spacial score (nSPS) is 15.2. The van der Waals surface area contributed by atoms with Gasteiger partial charge in [0.15, 0.2) is 0 Å². The Hall–Kier alpha value is -0.337. The standard InChI is InChI=1S/C24H35O2PS2.Zn/c1-17(2)15-19(5)21-11-7-9-13-23(21)25-27(28,29)26-24-14-10-8-12-22(24)20(6)16-18(3)4;/h7-14,17-20H,15-16H2,1-6H3,(H,28,29);. The quantitative estimate of drug-likeness (QED) is 0.194. The van der Waals surface area contributed by atoms with E-state index in [1.54, 1.807) is 0 Å². The van der Waals surface area contributed by atoms with Gasteiger partial charge < -0.3 is 9.05 Å². The summed E-state index contributed by atoms with van der Waals surface area (Å²) in [6.07, 6.45) is 2.18. The van der Waals surface area contributed by atoms with Gasteiger partial charge in [-0.15, -0.1) is 0 Å². The summed E-state index contributed by atoms with van der Waals surface area (Å²) in [6, 6.07) is 16.2. The van der Waals surface area contributed by atoms with Crippen LogP contribution in [0.5, 0.6) is 11.5 Å². The topological polar surface area (TPSA) is 18.5 Å². The van der Waals surface area contributed by atoms with Crippen molar-refractivity contribution in [2.75, 3.05) is 0 Å². The van der Waals surface area contributed by atoms with Crippen molar-refractivity contribution in [1.82, 2.24) is 0 Å². The first-order valence-electron chi connectivity index (χ1n) is 10.5. The Bertz CT molecular complexity index is 776. The molecule has 0 aliphatic heterocycles. The first-order chi connectivity index (χ1) is 13.6. The summed E-state index contributed by atoms with van der Waals surface area (Å²) in [6.45, 7) is 13.4. The zero-order valence-electron chi connectivity index (χ0n) is 19.2. The van der Waals surface area contributed by atoms with Gasteiger partial charge >= 0.3 is 5.69 Å². The van der Waals surface area contributed by atoms with Gasteiger partial charge in [-0.1, -0.05) is 90.2 Å². The third-order valence-corrected chi connectivity index (χ3v) is 6.77. The van der Waals surface area contributed by atoms with Crippen LogP contribution in [0.15, 0.2) is 48.5 Å². The monoisotopic (exact) mass is 514 g/mol. The average molecular weight is 516 g/mol. The van der Waals surface area contributed by atoms with E-state index < -0.39 is 5.69 Å². The predicted molar refractivity (Wildman–Crippen MR) is 133 cm³/mol. The molecule has 30 heavy (non-hydrogen) atoms. The maximum atomic E-state index is 6.22. The summed E-state index contributed by atoms with van der Waals surface area (Å²) in [5, 5.41) is 0. The van der Waals surface area contributed by atoms with Gasteiger partial charge in [-0.25, -0.2) is 0 Å². The number of hydrogen-bond donors (Lipinski definition) is 1. The fourth-order valence-corrected chi connectivity index (χ4v) is 5.75. The zero-order valence-corrected chi connectivity index (χ0v) is 24.7. The number of para-hydroxylation sites is 2. The van der Waals surface area contributed by atoms with E-state index in [2.05, 4.69) is 65.9 Å². The Balaban J connectivity index is 0.00000450. The maximum absolute atomic E-state index is 6.22. The van der Waals surface area contributed by atoms with Crippen molar-refractivity contribution in [2.24, 2.45) is 11.8 Å². The number of rotatable bonds is 10. The van der Waals surface area contributed by atoms with Gasteiger partial charge in [-0.2, -0.15) is 0 Å². The second-order valence-corrected chi connectivity index (χ2v) is 13.9. The minimum absolute atomic E-state index is 0. The van der Waals surface area contributed by atoms with Crippen LogP contribution in [-0.4, -0.2) is 0 Å². The van der Waals surface area contributed by atoms with Gasteiger partial charge in [0.05, 0.1) is 0 Å². The molecule has 2 rings (SSSR count). The van der Waals surface area contributed by atoms with Crippen LogP contribution in [-0.2, 0) is 31.3 Å². The fourth-order valence-electron chi connectivity index (χ4n) is 3.88. The van der Waals surface area contributed by atoms with Crippen LogP contribution in [0.4, 0.5) is 0 Å². The Labute approximate surface area is 206 Å². The maximum Gasteiger partial charge on any atom is 0.345 e. The largest absolute Gasteiger partial charge is 0.428 e. The van der Waals surface area contributed by atoms with E-state index in [0.717, 1.165) is 35.5 Å². The first kappa shape index (κ1) is 27.7. The van der Waals surface area contributed by atoms with Crippen LogP contribution < -0.4 is 9.05 Å². The molecule has 0 heterocycles. The molecule has 0 aliphatic carbocycles. The molecule has 2 nitrogen and oxygen atoms in total. The van der Waals surface area contributed by atoms with Gasteiger partial charge in [0.2, 0.25) is 0 Å². The van der Waals surface area contributed by atoms with Crippen molar-refractivity contribution < 1.29 is 28.5 Å². The molecular weight excluding hydrogens is 481 g/mol. The minimum Gasteiger partial charge on any atom is -0.428 e. The Morgan fingerprint density at radius 3 is 1.40 bits per heavy atom. The molecule has 0 aromatic heterocycles. The van der Waals surface area contributed by atoms with Crippen molar-refractivity contribution in [2.45, 2.75) is 66.2 Å². The van der Waals surface area contributed by atoms with Crippen LogP contribution in [0.3, 0.4) is 0 Å². The van der Waals surface area contributed by atoms with E-state index in [1.807, 2.05) is 36.4 Å². The van der Waals surface area contributed by atoms with E-state index in [9.17, 15) is 0 Å². The molecule has 0 fully saturated rings. The molecule has 2 aromatic rings. The molecule has 162 valence electrons. The second kappa shape index (κ2) is 12.6. The SMILES string of the molecule is CC(C)CC(C)c1ccccc1OP(=S)(S)Oc1ccccc1C(C)CC(C)C.[Zn]. The molecule has 2 unspecified atom stereocenters. The van der Waals surface area contributed by atoms with Crippen LogP contribution in [0.25, 0.3) is 0 Å². The van der Waals surface area contributed by atoms with Crippen molar-refractivity contribution in [3.05, 3.63) is 59.7 Å². The molecule has 2 aromatic carbocycles. The molecule has 0 amide bonds. The molecule has 0 aliphatic rings. The Morgan fingerprint density at radius 1 is 0.733 bits per heavy atom. The summed E-state index contributed by atoms with van der Waals surface area (Å²) >= 11 is 10.4. The molecular formula is C24H35O2PS2Zn. The zero-order chi connectivity index (χ0) is 21.6. The van der Waals surface area contributed by atoms with Crippen LogP contribution in [0, 0.1) is 11.8 Å². The summed E-state index contributed by atoms with van der Waals surface area (Å²) in [7, 11) is 0. The van der Waals surface area contributed by atoms with E-state index in [0.29, 0.717) is 23.7 Å². The molecule has 0 saturated carbocycles. The molecule has 0 spiro atoms. The van der Waals surface area contributed by atoms with Crippen LogP contribution in [0.2, 0.25) is 0 Å². The van der Waals surface area contributed by atoms with Gasteiger partial charge in [0, 0.05) is 19.5 Å². The Morgan fingerprint density at radius 2 is 1.07 bits per heavy atom. The number of hydrogen-bond acceptors (Lipinski definition) is 3. The smallest absolute Gasteiger partial charge is 0.345 e. The molecule has 0 saturated heterocycles. The van der Waals surface area contributed by atoms with Gasteiger partial charge in [0.25, 0.3) is 0 Å². The van der Waals surface area contributed by atoms with E-state index in [1.165, 1.54) is 0 Å². The van der Waals surface area contributed by atoms with E-state index in [4.69, 9.17) is 20.9 Å². The molecule has 0 radical (unpaired) electrons. The second-order valence-electron chi connectivity index (χ2n) is 8.79. The van der Waals surface area contributed by atoms with Crippen LogP contribution in [0.1, 0.15) is 77.3 Å². The van der Waals surface area contributed by atoms with Gasteiger partial charge in [-0.05, 0) is 71.6 Å². The van der Waals surface area contributed by atoms with Crippen molar-refractivity contribution >= 4 is 29.7 Å². The Kier molecular flexibility index (Phi) is 11.7. The minimum atomic E-state index is -2.81. The number of thiol groups is 1. The first-order valence-corrected chi connectivity index (χ1v) is 14.3. The van der Waals surface area contributed by atoms with E-state index >= 15 is 0 Å².